The first-order valence-corrected chi connectivity index (χ1v) is 10.9. The minimum atomic E-state index is -4.88. The third kappa shape index (κ3) is 5.54. The molecule has 15 heteroatoms. The highest BCUT2D eigenvalue weighted by atomic mass is 35.5. The van der Waals surface area contributed by atoms with E-state index in [1.165, 1.54) is 12.1 Å². The van der Waals surface area contributed by atoms with E-state index in [1.807, 2.05) is 0 Å². The zero-order valence-corrected chi connectivity index (χ0v) is 20.2. The van der Waals surface area contributed by atoms with Crippen LogP contribution in [0.3, 0.4) is 0 Å². The molecule has 0 saturated carbocycles. The maximum atomic E-state index is 15.1. The number of carbonyl (C=O) groups excluding carboxylic acids is 1. The van der Waals surface area contributed by atoms with Crippen molar-refractivity contribution >= 4 is 23.2 Å². The first-order chi connectivity index (χ1) is 17.3. The summed E-state index contributed by atoms with van der Waals surface area (Å²) in [5.41, 5.74) is -2.89. The van der Waals surface area contributed by atoms with Gasteiger partial charge >= 0.3 is 11.9 Å². The fourth-order valence-electron chi connectivity index (χ4n) is 3.25. The number of rotatable bonds is 8. The molecule has 0 saturated heterocycles. The Morgan fingerprint density at radius 2 is 1.92 bits per heavy atom. The van der Waals surface area contributed by atoms with Crippen LogP contribution in [0.15, 0.2) is 29.1 Å². The topological polar surface area (TPSA) is 108 Å². The third-order valence-electron chi connectivity index (χ3n) is 5.20. The van der Waals surface area contributed by atoms with Gasteiger partial charge in [-0.3, -0.25) is 9.36 Å². The number of halogens is 6. The molecule has 0 aliphatic rings. The van der Waals surface area contributed by atoms with Crippen molar-refractivity contribution in [2.24, 2.45) is 0 Å². The van der Waals surface area contributed by atoms with Gasteiger partial charge in [0.05, 0.1) is 23.4 Å². The number of aromatic nitrogens is 3. The molecule has 0 radical (unpaired) electrons. The predicted molar refractivity (Wildman–Crippen MR) is 121 cm³/mol. The Balaban J connectivity index is 2.16. The number of nitrogens with one attached hydrogen (secondary N) is 1. The molecule has 1 heterocycles. The van der Waals surface area contributed by atoms with Gasteiger partial charge in [0.15, 0.2) is 23.5 Å². The molecule has 1 atom stereocenters. The van der Waals surface area contributed by atoms with E-state index in [2.05, 4.69) is 10.4 Å². The molecule has 3 rings (SSSR count). The monoisotopic (exact) mass is 550 g/mol. The highest BCUT2D eigenvalue weighted by Crippen LogP contribution is 2.34. The number of methoxy groups -OCH3 is 1. The molecule has 0 fully saturated rings. The van der Waals surface area contributed by atoms with Crippen LogP contribution in [-0.4, -0.2) is 44.8 Å². The quantitative estimate of drug-likeness (QED) is 0.410. The highest BCUT2D eigenvalue weighted by Gasteiger charge is 2.39. The highest BCUT2D eigenvalue weighted by molar-refractivity contribution is 6.34. The third-order valence-corrected chi connectivity index (χ3v) is 5.51. The van der Waals surface area contributed by atoms with E-state index in [-0.39, 0.29) is 23.1 Å². The SMILES string of the molecule is CCn1c(CO)nn(-c2cc(O[C@@H](C)C(F)(F)F)c(C(=O)Nc3c(Cl)ccc(OC)c3F)cc2F)c1=O. The lowest BCUT2D eigenvalue weighted by molar-refractivity contribution is -0.189. The van der Waals surface area contributed by atoms with Gasteiger partial charge < -0.3 is 19.9 Å². The number of ether oxygens (including phenoxy) is 2. The van der Waals surface area contributed by atoms with Crippen molar-refractivity contribution in [3.8, 4) is 17.2 Å². The zero-order valence-electron chi connectivity index (χ0n) is 19.5. The van der Waals surface area contributed by atoms with Gasteiger partial charge in [-0.1, -0.05) is 11.6 Å². The van der Waals surface area contributed by atoms with Gasteiger partial charge in [0.2, 0.25) is 0 Å². The van der Waals surface area contributed by atoms with Gasteiger partial charge in [-0.05, 0) is 32.0 Å². The van der Waals surface area contributed by atoms with Crippen LogP contribution in [-0.2, 0) is 13.2 Å². The molecule has 1 amide bonds. The van der Waals surface area contributed by atoms with Gasteiger partial charge in [0, 0.05) is 12.6 Å². The van der Waals surface area contributed by atoms with E-state index in [9.17, 15) is 32.3 Å². The lowest BCUT2D eigenvalue weighted by Crippen LogP contribution is -2.32. The van der Waals surface area contributed by atoms with Gasteiger partial charge in [-0.25, -0.2) is 13.6 Å². The number of hydrogen-bond acceptors (Lipinski definition) is 6. The van der Waals surface area contributed by atoms with Crippen molar-refractivity contribution in [1.29, 1.82) is 0 Å². The van der Waals surface area contributed by atoms with Crippen molar-refractivity contribution in [3.63, 3.8) is 0 Å². The molecule has 1 aromatic heterocycles. The van der Waals surface area contributed by atoms with Crippen LogP contribution < -0.4 is 20.5 Å². The summed E-state index contributed by atoms with van der Waals surface area (Å²) in [6, 6.07) is 3.55. The lowest BCUT2D eigenvalue weighted by atomic mass is 10.1. The van der Waals surface area contributed by atoms with Gasteiger partial charge in [-0.2, -0.15) is 17.9 Å². The molecular formula is C22H20ClF5N4O5. The Morgan fingerprint density at radius 3 is 2.46 bits per heavy atom. The van der Waals surface area contributed by atoms with Crippen LogP contribution in [0, 0.1) is 11.6 Å². The molecule has 9 nitrogen and oxygen atoms in total. The number of aliphatic hydroxyl groups is 1. The maximum absolute atomic E-state index is 15.1. The van der Waals surface area contributed by atoms with Crippen LogP contribution in [0.1, 0.15) is 30.0 Å². The van der Waals surface area contributed by atoms with Gasteiger partial charge in [0.1, 0.15) is 23.9 Å². The number of benzene rings is 2. The predicted octanol–water partition coefficient (Wildman–Crippen LogP) is 4.07. The van der Waals surface area contributed by atoms with E-state index in [0.717, 1.165) is 11.7 Å². The Morgan fingerprint density at radius 1 is 1.24 bits per heavy atom. The van der Waals surface area contributed by atoms with E-state index < -0.39 is 64.8 Å². The number of amides is 1. The molecule has 3 aromatic rings. The van der Waals surface area contributed by atoms with Crippen molar-refractivity contribution in [2.45, 2.75) is 39.3 Å². The molecule has 0 bridgehead atoms. The summed E-state index contributed by atoms with van der Waals surface area (Å²) >= 11 is 5.94. The minimum absolute atomic E-state index is 0.0537. The summed E-state index contributed by atoms with van der Waals surface area (Å²) in [6.45, 7) is 1.57. The average molecular weight is 551 g/mol. The van der Waals surface area contributed by atoms with E-state index in [0.29, 0.717) is 23.7 Å². The molecule has 2 N–H and O–H groups in total. The zero-order chi connectivity index (χ0) is 27.7. The molecule has 0 spiro atoms. The Bertz CT molecular complexity index is 1390. The first kappa shape index (κ1) is 27.9. The number of nitrogens with zero attached hydrogens (tertiary/aromatic N) is 3. The largest absolute Gasteiger partial charge is 0.494 e. The fraction of sp³-hybridized carbons (Fsp3) is 0.318. The lowest BCUT2D eigenvalue weighted by Gasteiger charge is -2.20. The summed E-state index contributed by atoms with van der Waals surface area (Å²) < 4.78 is 80.8. The second-order valence-electron chi connectivity index (χ2n) is 7.51. The molecule has 0 unspecified atom stereocenters. The standard InChI is InChI=1S/C22H20ClF5N4O5/c1-4-31-17(9-33)30-32(21(31)35)14-8-16(37-10(2)22(26,27)28)11(7-13(14)24)20(34)29-19-12(23)5-6-15(36-3)18(19)25/h5-8,10,33H,4,9H2,1-3H3,(H,29,34)/t10-/m0/s1. The number of anilines is 1. The Hall–Kier alpha value is -3.65. The van der Waals surface area contributed by atoms with E-state index >= 15 is 4.39 Å². The fourth-order valence-corrected chi connectivity index (χ4v) is 3.45. The molecular weight excluding hydrogens is 531 g/mol. The summed E-state index contributed by atoms with van der Waals surface area (Å²) in [7, 11) is 1.15. The van der Waals surface area contributed by atoms with Crippen LogP contribution in [0.5, 0.6) is 11.5 Å². The van der Waals surface area contributed by atoms with E-state index in [1.54, 1.807) is 6.92 Å². The summed E-state index contributed by atoms with van der Waals surface area (Å²) in [4.78, 5) is 25.6. The van der Waals surface area contributed by atoms with Crippen molar-refractivity contribution in [3.05, 3.63) is 62.8 Å². The number of alkyl halides is 3. The minimum Gasteiger partial charge on any atom is -0.494 e. The van der Waals surface area contributed by atoms with Gasteiger partial charge in [0.25, 0.3) is 5.91 Å². The van der Waals surface area contributed by atoms with Crippen LogP contribution in [0.25, 0.3) is 5.69 Å². The number of hydrogen-bond donors (Lipinski definition) is 2. The van der Waals surface area contributed by atoms with Crippen LogP contribution in [0.4, 0.5) is 27.6 Å². The molecule has 200 valence electrons. The molecule has 0 aliphatic carbocycles. The van der Waals surface area contributed by atoms with Crippen LogP contribution >= 0.6 is 11.6 Å². The van der Waals surface area contributed by atoms with E-state index in [4.69, 9.17) is 21.1 Å². The summed E-state index contributed by atoms with van der Waals surface area (Å²) in [5.74, 6) is -4.83. The molecule has 0 aliphatic heterocycles. The van der Waals surface area contributed by atoms with Crippen LogP contribution in [0.2, 0.25) is 5.02 Å². The molecule has 37 heavy (non-hydrogen) atoms. The average Bonchev–Trinajstić information content (AvgIpc) is 3.16. The summed E-state index contributed by atoms with van der Waals surface area (Å²) in [6.07, 6.45) is -7.35. The second kappa shape index (κ2) is 10.8. The maximum Gasteiger partial charge on any atom is 0.425 e. The van der Waals surface area contributed by atoms with Crippen molar-refractivity contribution in [1.82, 2.24) is 14.3 Å². The second-order valence-corrected chi connectivity index (χ2v) is 7.91. The number of carbonyl (C=O) groups is 1. The first-order valence-electron chi connectivity index (χ1n) is 10.5. The normalized spacial score (nSPS) is 12.4. The van der Waals surface area contributed by atoms with Gasteiger partial charge in [-0.15, -0.1) is 5.10 Å². The molecule has 2 aromatic carbocycles. The summed E-state index contributed by atoms with van der Waals surface area (Å²) in [5, 5.41) is 15.0. The van der Waals surface area contributed by atoms with Crippen molar-refractivity contribution < 1.29 is 41.3 Å². The van der Waals surface area contributed by atoms with Crippen molar-refractivity contribution in [2.75, 3.05) is 12.4 Å². The Labute approximate surface area is 211 Å². The smallest absolute Gasteiger partial charge is 0.425 e. The Kier molecular flexibility index (Phi) is 8.12. The number of aliphatic hydroxyl groups excluding tert-OH is 1.